The van der Waals surface area contributed by atoms with Gasteiger partial charge in [-0.1, -0.05) is 0 Å². The van der Waals surface area contributed by atoms with Gasteiger partial charge < -0.3 is 8.98 Å². The molecule has 24 heavy (non-hydrogen) atoms. The maximum atomic E-state index is 13.4. The molecule has 2 saturated heterocycles. The highest BCUT2D eigenvalue weighted by atomic mass is 32.2. The Kier molecular flexibility index (Phi) is 4.02. The predicted octanol–water partition coefficient (Wildman–Crippen LogP) is 2.84. The van der Waals surface area contributed by atoms with Gasteiger partial charge in [0.05, 0.1) is 18.3 Å². The van der Waals surface area contributed by atoms with Crippen molar-refractivity contribution in [2.24, 2.45) is 7.05 Å². The first-order chi connectivity index (χ1) is 11.6. The normalized spacial score (nSPS) is 26.4. The lowest BCUT2D eigenvalue weighted by Gasteiger charge is -2.31. The Morgan fingerprint density at radius 2 is 1.75 bits per heavy atom. The molecule has 4 heterocycles. The number of aryl methyl sites for hydroxylation is 1. The van der Waals surface area contributed by atoms with Crippen molar-refractivity contribution in [1.29, 1.82) is 0 Å². The Bertz CT molecular complexity index is 797. The lowest BCUT2D eigenvalue weighted by Crippen LogP contribution is -2.43. The van der Waals surface area contributed by atoms with Crippen LogP contribution in [0.1, 0.15) is 49.2 Å². The van der Waals surface area contributed by atoms with Crippen molar-refractivity contribution >= 4 is 10.2 Å². The van der Waals surface area contributed by atoms with Gasteiger partial charge in [0.15, 0.2) is 0 Å². The summed E-state index contributed by atoms with van der Waals surface area (Å²) in [4.78, 5) is 0. The van der Waals surface area contributed by atoms with Crippen LogP contribution in [0.4, 0.5) is 0 Å². The lowest BCUT2D eigenvalue weighted by molar-refractivity contribution is 0.292. The number of furan rings is 1. The lowest BCUT2D eigenvalue weighted by atomic mass is 10.1. The number of aromatic nitrogens is 1. The molecule has 2 aliphatic rings. The van der Waals surface area contributed by atoms with E-state index in [1.165, 1.54) is 0 Å². The van der Waals surface area contributed by atoms with Crippen molar-refractivity contribution in [2.75, 3.05) is 13.1 Å². The first-order valence-corrected chi connectivity index (χ1v) is 9.92. The molecular formula is C17H23N3O3S. The summed E-state index contributed by atoms with van der Waals surface area (Å²) < 4.78 is 37.5. The first kappa shape index (κ1) is 15.9. The second-order valence-electron chi connectivity index (χ2n) is 6.60. The molecule has 0 bridgehead atoms. The zero-order valence-corrected chi connectivity index (χ0v) is 14.7. The highest BCUT2D eigenvalue weighted by Crippen LogP contribution is 2.40. The third-order valence-electron chi connectivity index (χ3n) is 5.20. The molecule has 0 N–H and O–H groups in total. The van der Waals surface area contributed by atoms with Crippen LogP contribution in [0, 0.1) is 0 Å². The molecule has 2 atom stereocenters. The highest BCUT2D eigenvalue weighted by molar-refractivity contribution is 7.86. The van der Waals surface area contributed by atoms with Crippen LogP contribution in [-0.4, -0.2) is 34.7 Å². The number of hydrogen-bond acceptors (Lipinski definition) is 3. The number of hydrogen-bond donors (Lipinski definition) is 0. The SMILES string of the molecule is Cn1cccc1[C@@H]1CCCN1S(=O)(=O)N1CCC[C@@H]1c1ccco1. The van der Waals surface area contributed by atoms with Gasteiger partial charge >= 0.3 is 0 Å². The third kappa shape index (κ3) is 2.51. The molecule has 7 heteroatoms. The fraction of sp³-hybridized carbons (Fsp3) is 0.529. The van der Waals surface area contributed by atoms with Crippen molar-refractivity contribution in [1.82, 2.24) is 13.2 Å². The van der Waals surface area contributed by atoms with Crippen molar-refractivity contribution in [3.05, 3.63) is 48.2 Å². The van der Waals surface area contributed by atoms with Gasteiger partial charge in [0.25, 0.3) is 10.2 Å². The molecule has 0 spiro atoms. The molecule has 0 aromatic carbocycles. The van der Waals surface area contributed by atoms with Crippen molar-refractivity contribution in [3.8, 4) is 0 Å². The summed E-state index contributed by atoms with van der Waals surface area (Å²) in [6.45, 7) is 1.14. The van der Waals surface area contributed by atoms with Crippen LogP contribution < -0.4 is 0 Å². The average molecular weight is 349 g/mol. The molecular weight excluding hydrogens is 326 g/mol. The molecule has 4 rings (SSSR count). The molecule has 2 aliphatic heterocycles. The summed E-state index contributed by atoms with van der Waals surface area (Å²) >= 11 is 0. The molecule has 2 fully saturated rings. The minimum absolute atomic E-state index is 0.0761. The van der Waals surface area contributed by atoms with Crippen LogP contribution in [0.15, 0.2) is 41.1 Å². The standard InChI is InChI=1S/C17H23N3O3S/c1-18-10-2-6-14(18)15-7-3-11-19(15)24(21,22)20-12-4-8-16(20)17-9-5-13-23-17/h2,5-6,9-10,13,15-16H,3-4,7-8,11-12H2,1H3/t15-,16+/m0/s1. The van der Waals surface area contributed by atoms with E-state index in [1.54, 1.807) is 14.9 Å². The van der Waals surface area contributed by atoms with E-state index in [0.29, 0.717) is 13.1 Å². The molecule has 6 nitrogen and oxygen atoms in total. The quantitative estimate of drug-likeness (QED) is 0.853. The van der Waals surface area contributed by atoms with Crippen LogP contribution in [-0.2, 0) is 17.3 Å². The van der Waals surface area contributed by atoms with E-state index < -0.39 is 10.2 Å². The van der Waals surface area contributed by atoms with Crippen LogP contribution in [0.2, 0.25) is 0 Å². The number of nitrogens with zero attached hydrogens (tertiary/aromatic N) is 3. The van der Waals surface area contributed by atoms with E-state index in [0.717, 1.165) is 37.1 Å². The van der Waals surface area contributed by atoms with Gasteiger partial charge in [0.2, 0.25) is 0 Å². The molecule has 0 amide bonds. The average Bonchev–Trinajstić information content (AvgIpc) is 3.32. The smallest absolute Gasteiger partial charge is 0.283 e. The van der Waals surface area contributed by atoms with Gasteiger partial charge in [-0.15, -0.1) is 0 Å². The summed E-state index contributed by atoms with van der Waals surface area (Å²) in [5, 5.41) is 0. The summed E-state index contributed by atoms with van der Waals surface area (Å²) in [6.07, 6.45) is 7.04. The van der Waals surface area contributed by atoms with Crippen LogP contribution in [0.25, 0.3) is 0 Å². The molecule has 0 saturated carbocycles. The van der Waals surface area contributed by atoms with Gasteiger partial charge in [-0.3, -0.25) is 0 Å². The monoisotopic (exact) mass is 349 g/mol. The van der Waals surface area contributed by atoms with Gasteiger partial charge in [0.1, 0.15) is 5.76 Å². The molecule has 2 aromatic rings. The van der Waals surface area contributed by atoms with Crippen LogP contribution >= 0.6 is 0 Å². The Hall–Kier alpha value is -1.57. The van der Waals surface area contributed by atoms with Gasteiger partial charge in [-0.05, 0) is 49.9 Å². The highest BCUT2D eigenvalue weighted by Gasteiger charge is 2.44. The first-order valence-electron chi connectivity index (χ1n) is 8.52. The minimum Gasteiger partial charge on any atom is -0.468 e. The zero-order valence-electron chi connectivity index (χ0n) is 13.8. The van der Waals surface area contributed by atoms with Crippen LogP contribution in [0.3, 0.4) is 0 Å². The van der Waals surface area contributed by atoms with Gasteiger partial charge in [-0.25, -0.2) is 0 Å². The Balaban J connectivity index is 1.65. The molecule has 0 radical (unpaired) electrons. The predicted molar refractivity (Wildman–Crippen MR) is 90.4 cm³/mol. The van der Waals surface area contributed by atoms with Crippen LogP contribution in [0.5, 0.6) is 0 Å². The largest absolute Gasteiger partial charge is 0.468 e. The summed E-state index contributed by atoms with van der Waals surface area (Å²) in [6, 6.07) is 7.43. The second-order valence-corrected chi connectivity index (χ2v) is 8.44. The van der Waals surface area contributed by atoms with E-state index in [9.17, 15) is 8.42 Å². The van der Waals surface area contributed by atoms with E-state index in [1.807, 2.05) is 42.1 Å². The van der Waals surface area contributed by atoms with Gasteiger partial charge in [-0.2, -0.15) is 17.0 Å². The van der Waals surface area contributed by atoms with E-state index in [4.69, 9.17) is 4.42 Å². The fourth-order valence-corrected chi connectivity index (χ4v) is 6.10. The Morgan fingerprint density at radius 1 is 1.04 bits per heavy atom. The Labute approximate surface area is 142 Å². The van der Waals surface area contributed by atoms with Crippen molar-refractivity contribution < 1.29 is 12.8 Å². The second kappa shape index (κ2) is 6.06. The zero-order chi connectivity index (χ0) is 16.7. The van der Waals surface area contributed by atoms with E-state index in [2.05, 4.69) is 0 Å². The van der Waals surface area contributed by atoms with Crippen molar-refractivity contribution in [3.63, 3.8) is 0 Å². The fourth-order valence-electron chi connectivity index (χ4n) is 4.05. The van der Waals surface area contributed by atoms with Gasteiger partial charge in [0, 0.05) is 32.0 Å². The maximum absolute atomic E-state index is 13.4. The molecule has 0 unspecified atom stereocenters. The number of rotatable bonds is 4. The van der Waals surface area contributed by atoms with E-state index >= 15 is 0 Å². The molecule has 130 valence electrons. The van der Waals surface area contributed by atoms with Crippen molar-refractivity contribution in [2.45, 2.75) is 37.8 Å². The maximum Gasteiger partial charge on any atom is 0.283 e. The topological polar surface area (TPSA) is 58.7 Å². The summed E-state index contributed by atoms with van der Waals surface area (Å²) in [7, 11) is -1.54. The Morgan fingerprint density at radius 3 is 2.38 bits per heavy atom. The minimum atomic E-state index is -3.51. The third-order valence-corrected chi connectivity index (χ3v) is 7.26. The summed E-state index contributed by atoms with van der Waals surface area (Å²) in [5.74, 6) is 0.741. The van der Waals surface area contributed by atoms with E-state index in [-0.39, 0.29) is 12.1 Å². The summed E-state index contributed by atoms with van der Waals surface area (Å²) in [5.41, 5.74) is 1.06. The molecule has 2 aromatic heterocycles. The molecule has 0 aliphatic carbocycles.